The Kier molecular flexibility index (Phi) is 13.8. The Morgan fingerprint density at radius 3 is 1.74 bits per heavy atom. The molecule has 0 unspecified atom stereocenters. The fraction of sp³-hybridized carbons (Fsp3) is 0.667. The fourth-order valence-electron chi connectivity index (χ4n) is 2.87. The molecular weight excluding hydrogens is 360 g/mol. The Balaban J connectivity index is 0.000000569. The van der Waals surface area contributed by atoms with Crippen LogP contribution in [0.1, 0.15) is 65.2 Å². The summed E-state index contributed by atoms with van der Waals surface area (Å²) in [5, 5.41) is 8.94. The third kappa shape index (κ3) is 13.4. The van der Waals surface area contributed by atoms with E-state index >= 15 is 0 Å². The molecule has 0 fully saturated rings. The summed E-state index contributed by atoms with van der Waals surface area (Å²) in [7, 11) is -1.75. The van der Waals surface area contributed by atoms with Crippen LogP contribution < -0.4 is 0 Å². The zero-order valence-electron chi connectivity index (χ0n) is 17.2. The zero-order valence-corrected chi connectivity index (χ0v) is 18.0. The van der Waals surface area contributed by atoms with Crippen molar-refractivity contribution < 1.29 is 17.5 Å². The lowest BCUT2D eigenvalue weighted by atomic mass is 10.1. The van der Waals surface area contributed by atoms with Gasteiger partial charge in [0.05, 0.1) is 25.0 Å². The fourth-order valence-corrected chi connectivity index (χ4v) is 3.37. The third-order valence-corrected chi connectivity index (χ3v) is 5.46. The summed E-state index contributed by atoms with van der Waals surface area (Å²) >= 11 is 0. The summed E-state index contributed by atoms with van der Waals surface area (Å²) in [5.41, 5.74) is 0. The van der Waals surface area contributed by atoms with Gasteiger partial charge in [0, 0.05) is 0 Å². The first kappa shape index (κ1) is 25.6. The van der Waals surface area contributed by atoms with E-state index in [-0.39, 0.29) is 4.90 Å². The van der Waals surface area contributed by atoms with Gasteiger partial charge in [0.15, 0.2) is 6.54 Å². The molecule has 0 aliphatic carbocycles. The molecule has 0 bridgehead atoms. The average Bonchev–Trinajstić information content (AvgIpc) is 2.63. The van der Waals surface area contributed by atoms with Gasteiger partial charge in [-0.3, -0.25) is 4.55 Å². The van der Waals surface area contributed by atoms with Crippen LogP contribution in [0.4, 0.5) is 0 Å². The minimum Gasteiger partial charge on any atom is -0.314 e. The maximum Gasteiger partial charge on any atom is 0.294 e. The van der Waals surface area contributed by atoms with E-state index in [2.05, 4.69) is 27.0 Å². The van der Waals surface area contributed by atoms with E-state index in [0.717, 1.165) is 4.48 Å². The Hall–Kier alpha value is -1.42. The quantitative estimate of drug-likeness (QED) is 0.232. The van der Waals surface area contributed by atoms with E-state index in [1.165, 1.54) is 76.6 Å². The normalized spacial score (nSPS) is 11.4. The van der Waals surface area contributed by atoms with Crippen molar-refractivity contribution in [1.29, 1.82) is 5.26 Å². The SMILES string of the molecule is CCCCCC[N+](C)(CC#N)CCCCCC.O=S(=O)(O)c1ccccc1. The highest BCUT2D eigenvalue weighted by Gasteiger charge is 2.19. The molecule has 0 atom stereocenters. The average molecular weight is 398 g/mol. The van der Waals surface area contributed by atoms with Gasteiger partial charge in [-0.25, -0.2) is 0 Å². The number of rotatable bonds is 12. The van der Waals surface area contributed by atoms with Crippen molar-refractivity contribution in [3.8, 4) is 6.07 Å². The lowest BCUT2D eigenvalue weighted by Gasteiger charge is -2.32. The van der Waals surface area contributed by atoms with Crippen LogP contribution in [0.3, 0.4) is 0 Å². The molecule has 1 aromatic rings. The molecule has 0 aliphatic heterocycles. The number of benzene rings is 1. The van der Waals surface area contributed by atoms with Gasteiger partial charge < -0.3 is 4.48 Å². The predicted octanol–water partition coefficient (Wildman–Crippen LogP) is 5.05. The van der Waals surface area contributed by atoms with Crippen molar-refractivity contribution in [2.45, 2.75) is 70.1 Å². The summed E-state index contributed by atoms with van der Waals surface area (Å²) in [5.74, 6) is 0. The van der Waals surface area contributed by atoms with Crippen molar-refractivity contribution in [2.24, 2.45) is 0 Å². The molecule has 0 radical (unpaired) electrons. The standard InChI is InChI=1S/C15H31N2.C6H6O3S/c1-4-6-8-10-13-17(3,15-12-16)14-11-9-7-5-2;7-10(8,9)6-4-2-1-3-5-6/h4-11,13-15H2,1-3H3;1-5H,(H,7,8,9)/q+1;. The van der Waals surface area contributed by atoms with Gasteiger partial charge in [0.2, 0.25) is 0 Å². The Morgan fingerprint density at radius 2 is 1.41 bits per heavy atom. The summed E-state index contributed by atoms with van der Waals surface area (Å²) in [6, 6.07) is 9.78. The second-order valence-corrected chi connectivity index (χ2v) is 8.71. The number of nitrogens with zero attached hydrogens (tertiary/aromatic N) is 2. The number of unbranched alkanes of at least 4 members (excludes halogenated alkanes) is 6. The van der Waals surface area contributed by atoms with E-state index in [9.17, 15) is 8.42 Å². The van der Waals surface area contributed by atoms with E-state index in [4.69, 9.17) is 9.81 Å². The first-order valence-electron chi connectivity index (χ1n) is 10.0. The van der Waals surface area contributed by atoms with Crippen molar-refractivity contribution in [1.82, 2.24) is 0 Å². The molecular formula is C21H37N2O3S+. The number of hydrogen-bond acceptors (Lipinski definition) is 3. The van der Waals surface area contributed by atoms with Gasteiger partial charge in [-0.2, -0.15) is 13.7 Å². The maximum atomic E-state index is 10.4. The van der Waals surface area contributed by atoms with Crippen LogP contribution in [0.25, 0.3) is 0 Å². The maximum absolute atomic E-state index is 10.4. The molecule has 0 heterocycles. The van der Waals surface area contributed by atoms with Gasteiger partial charge in [-0.1, -0.05) is 57.7 Å². The largest absolute Gasteiger partial charge is 0.314 e. The molecule has 0 aromatic heterocycles. The smallest absolute Gasteiger partial charge is 0.294 e. The molecule has 6 heteroatoms. The van der Waals surface area contributed by atoms with Crippen LogP contribution in [0.15, 0.2) is 35.2 Å². The van der Waals surface area contributed by atoms with Crippen molar-refractivity contribution in [2.75, 3.05) is 26.7 Å². The predicted molar refractivity (Wildman–Crippen MR) is 111 cm³/mol. The highest BCUT2D eigenvalue weighted by Crippen LogP contribution is 2.11. The number of quaternary nitrogens is 1. The van der Waals surface area contributed by atoms with Crippen LogP contribution in [-0.4, -0.2) is 44.1 Å². The highest BCUT2D eigenvalue weighted by molar-refractivity contribution is 7.85. The minimum atomic E-state index is -4.00. The van der Waals surface area contributed by atoms with Gasteiger partial charge in [-0.15, -0.1) is 0 Å². The van der Waals surface area contributed by atoms with E-state index in [1.807, 2.05) is 0 Å². The Labute approximate surface area is 166 Å². The Bertz CT molecular complexity index is 613. The van der Waals surface area contributed by atoms with Crippen LogP contribution >= 0.6 is 0 Å². The van der Waals surface area contributed by atoms with Crippen LogP contribution in [0, 0.1) is 11.3 Å². The summed E-state index contributed by atoms with van der Waals surface area (Å²) in [6.45, 7) is 7.53. The summed E-state index contributed by atoms with van der Waals surface area (Å²) < 4.78 is 30.2. The zero-order chi connectivity index (χ0) is 20.6. The molecule has 1 N–H and O–H groups in total. The topological polar surface area (TPSA) is 78.2 Å². The Morgan fingerprint density at radius 1 is 0.926 bits per heavy atom. The molecule has 0 saturated carbocycles. The third-order valence-electron chi connectivity index (χ3n) is 4.60. The molecule has 154 valence electrons. The summed E-state index contributed by atoms with van der Waals surface area (Å²) in [4.78, 5) is -0.0741. The second kappa shape index (κ2) is 14.6. The molecule has 0 amide bonds. The van der Waals surface area contributed by atoms with Gasteiger partial charge in [0.25, 0.3) is 10.1 Å². The molecule has 1 rings (SSSR count). The second-order valence-electron chi connectivity index (χ2n) is 7.29. The lowest BCUT2D eigenvalue weighted by Crippen LogP contribution is -2.45. The first-order chi connectivity index (χ1) is 12.8. The van der Waals surface area contributed by atoms with Gasteiger partial charge >= 0.3 is 0 Å². The van der Waals surface area contributed by atoms with E-state index in [0.29, 0.717) is 6.54 Å². The van der Waals surface area contributed by atoms with Crippen molar-refractivity contribution in [3.05, 3.63) is 30.3 Å². The van der Waals surface area contributed by atoms with Gasteiger partial charge in [-0.05, 0) is 37.8 Å². The summed E-state index contributed by atoms with van der Waals surface area (Å²) in [6.07, 6.45) is 10.5. The monoisotopic (exact) mass is 397 g/mol. The van der Waals surface area contributed by atoms with E-state index in [1.54, 1.807) is 18.2 Å². The van der Waals surface area contributed by atoms with E-state index < -0.39 is 10.1 Å². The molecule has 5 nitrogen and oxygen atoms in total. The number of nitriles is 1. The molecule has 0 saturated heterocycles. The van der Waals surface area contributed by atoms with Crippen LogP contribution in [-0.2, 0) is 10.1 Å². The molecule has 0 aliphatic rings. The number of hydrogen-bond donors (Lipinski definition) is 1. The van der Waals surface area contributed by atoms with Gasteiger partial charge in [0.1, 0.15) is 6.07 Å². The van der Waals surface area contributed by atoms with Crippen LogP contribution in [0.2, 0.25) is 0 Å². The first-order valence-corrected chi connectivity index (χ1v) is 11.5. The molecule has 1 aromatic carbocycles. The van der Waals surface area contributed by atoms with Crippen molar-refractivity contribution >= 4 is 10.1 Å². The lowest BCUT2D eigenvalue weighted by molar-refractivity contribution is -0.903. The van der Waals surface area contributed by atoms with Crippen LogP contribution in [0.5, 0.6) is 0 Å². The molecule has 0 spiro atoms. The minimum absolute atomic E-state index is 0.0741. The molecule has 27 heavy (non-hydrogen) atoms. The highest BCUT2D eigenvalue weighted by atomic mass is 32.2. The van der Waals surface area contributed by atoms with Crippen molar-refractivity contribution in [3.63, 3.8) is 0 Å².